The summed E-state index contributed by atoms with van der Waals surface area (Å²) in [7, 11) is 3.35. The Morgan fingerprint density at radius 2 is 1.85 bits per heavy atom. The van der Waals surface area contributed by atoms with E-state index in [1.807, 2.05) is 6.07 Å². The van der Waals surface area contributed by atoms with Gasteiger partial charge in [-0.1, -0.05) is 32.8 Å². The first kappa shape index (κ1) is 15.2. The molecule has 0 bridgehead atoms. The molecule has 3 atom stereocenters. The molecule has 1 aromatic carbocycles. The van der Waals surface area contributed by atoms with Crippen LogP contribution in [0.25, 0.3) is 0 Å². The second-order valence-electron chi connectivity index (χ2n) is 5.94. The van der Waals surface area contributed by atoms with Gasteiger partial charge < -0.3 is 14.8 Å². The molecule has 0 amide bonds. The molecule has 0 unspecified atom stereocenters. The zero-order valence-corrected chi connectivity index (χ0v) is 13.1. The van der Waals surface area contributed by atoms with Gasteiger partial charge in [-0.05, 0) is 36.0 Å². The fourth-order valence-electron chi connectivity index (χ4n) is 3.11. The van der Waals surface area contributed by atoms with Crippen molar-refractivity contribution in [2.45, 2.75) is 45.7 Å². The second kappa shape index (κ2) is 6.98. The maximum atomic E-state index is 5.35. The predicted molar refractivity (Wildman–Crippen MR) is 82.4 cm³/mol. The Labute approximate surface area is 122 Å². The number of nitrogens with one attached hydrogen (secondary N) is 1. The third kappa shape index (κ3) is 3.45. The predicted octanol–water partition coefficient (Wildman–Crippen LogP) is 3.62. The molecular formula is C17H27NO2. The molecule has 20 heavy (non-hydrogen) atoms. The second-order valence-corrected chi connectivity index (χ2v) is 5.94. The van der Waals surface area contributed by atoms with Gasteiger partial charge in [-0.15, -0.1) is 0 Å². The van der Waals surface area contributed by atoms with Crippen LogP contribution < -0.4 is 14.8 Å². The fourth-order valence-corrected chi connectivity index (χ4v) is 3.11. The highest BCUT2D eigenvalue weighted by Gasteiger charge is 2.26. The fraction of sp³-hybridized carbons (Fsp3) is 0.647. The van der Waals surface area contributed by atoms with Gasteiger partial charge in [0.1, 0.15) is 0 Å². The van der Waals surface area contributed by atoms with Gasteiger partial charge in [-0.25, -0.2) is 0 Å². The Morgan fingerprint density at radius 1 is 1.10 bits per heavy atom. The summed E-state index contributed by atoms with van der Waals surface area (Å²) in [5.41, 5.74) is 1.24. The van der Waals surface area contributed by atoms with Crippen LogP contribution in [-0.4, -0.2) is 20.3 Å². The molecule has 1 aromatic rings. The van der Waals surface area contributed by atoms with Crippen LogP contribution in [0.3, 0.4) is 0 Å². The van der Waals surface area contributed by atoms with Gasteiger partial charge in [0, 0.05) is 12.6 Å². The summed E-state index contributed by atoms with van der Waals surface area (Å²) in [4.78, 5) is 0. The van der Waals surface area contributed by atoms with Crippen molar-refractivity contribution in [2.24, 2.45) is 11.8 Å². The minimum atomic E-state index is 0.631. The molecule has 3 heteroatoms. The van der Waals surface area contributed by atoms with E-state index in [1.54, 1.807) is 14.2 Å². The SMILES string of the molecule is COc1ccc(CN[C@@H]2CCC[C@@H](C)[C@H]2C)cc1OC. The summed E-state index contributed by atoms with van der Waals surface area (Å²) in [6.07, 6.45) is 4.00. The van der Waals surface area contributed by atoms with E-state index in [2.05, 4.69) is 31.3 Å². The van der Waals surface area contributed by atoms with Gasteiger partial charge >= 0.3 is 0 Å². The lowest BCUT2D eigenvalue weighted by Crippen LogP contribution is -2.40. The monoisotopic (exact) mass is 277 g/mol. The van der Waals surface area contributed by atoms with Gasteiger partial charge in [0.05, 0.1) is 14.2 Å². The molecule has 0 aromatic heterocycles. The first-order valence-corrected chi connectivity index (χ1v) is 7.60. The van der Waals surface area contributed by atoms with Crippen molar-refractivity contribution >= 4 is 0 Å². The summed E-state index contributed by atoms with van der Waals surface area (Å²) < 4.78 is 10.6. The van der Waals surface area contributed by atoms with E-state index in [4.69, 9.17) is 9.47 Å². The van der Waals surface area contributed by atoms with Crippen molar-refractivity contribution < 1.29 is 9.47 Å². The largest absolute Gasteiger partial charge is 0.493 e. The van der Waals surface area contributed by atoms with Crippen molar-refractivity contribution in [3.8, 4) is 11.5 Å². The van der Waals surface area contributed by atoms with Crippen molar-refractivity contribution in [3.05, 3.63) is 23.8 Å². The number of hydrogen-bond donors (Lipinski definition) is 1. The average molecular weight is 277 g/mol. The molecule has 1 fully saturated rings. The van der Waals surface area contributed by atoms with E-state index in [0.29, 0.717) is 6.04 Å². The van der Waals surface area contributed by atoms with Gasteiger partial charge in [-0.3, -0.25) is 0 Å². The van der Waals surface area contributed by atoms with E-state index in [1.165, 1.54) is 24.8 Å². The van der Waals surface area contributed by atoms with Gasteiger partial charge in [0.25, 0.3) is 0 Å². The zero-order chi connectivity index (χ0) is 14.5. The molecule has 0 spiro atoms. The molecule has 3 nitrogen and oxygen atoms in total. The number of rotatable bonds is 5. The lowest BCUT2D eigenvalue weighted by atomic mass is 9.78. The van der Waals surface area contributed by atoms with E-state index in [-0.39, 0.29) is 0 Å². The lowest BCUT2D eigenvalue weighted by molar-refractivity contribution is 0.206. The summed E-state index contributed by atoms with van der Waals surface area (Å²) in [6, 6.07) is 6.77. The van der Waals surface area contributed by atoms with Gasteiger partial charge in [-0.2, -0.15) is 0 Å². The first-order chi connectivity index (χ1) is 9.65. The molecule has 0 saturated heterocycles. The smallest absolute Gasteiger partial charge is 0.161 e. The minimum Gasteiger partial charge on any atom is -0.493 e. The number of hydrogen-bond acceptors (Lipinski definition) is 3. The maximum absolute atomic E-state index is 5.35. The number of benzene rings is 1. The van der Waals surface area contributed by atoms with Gasteiger partial charge in [0.15, 0.2) is 11.5 Å². The summed E-state index contributed by atoms with van der Waals surface area (Å²) in [5, 5.41) is 3.71. The first-order valence-electron chi connectivity index (χ1n) is 7.60. The van der Waals surface area contributed by atoms with Crippen LogP contribution >= 0.6 is 0 Å². The molecule has 1 aliphatic carbocycles. The highest BCUT2D eigenvalue weighted by Crippen LogP contribution is 2.30. The van der Waals surface area contributed by atoms with Crippen molar-refractivity contribution in [1.29, 1.82) is 0 Å². The Kier molecular flexibility index (Phi) is 5.30. The molecule has 112 valence electrons. The van der Waals surface area contributed by atoms with Crippen LogP contribution in [0.1, 0.15) is 38.7 Å². The highest BCUT2D eigenvalue weighted by atomic mass is 16.5. The van der Waals surface area contributed by atoms with Crippen molar-refractivity contribution in [3.63, 3.8) is 0 Å². The molecule has 0 aliphatic heterocycles. The topological polar surface area (TPSA) is 30.5 Å². The number of methoxy groups -OCH3 is 2. The molecule has 1 N–H and O–H groups in total. The van der Waals surface area contributed by atoms with Crippen LogP contribution in [0.15, 0.2) is 18.2 Å². The molecule has 1 saturated carbocycles. The quantitative estimate of drug-likeness (QED) is 0.891. The average Bonchev–Trinajstić information content (AvgIpc) is 2.48. The normalized spacial score (nSPS) is 26.3. The standard InChI is InChI=1S/C17H27NO2/c1-12-6-5-7-15(13(12)2)18-11-14-8-9-16(19-3)17(10-14)20-4/h8-10,12-13,15,18H,5-7,11H2,1-4H3/t12-,13-,15-/m1/s1. The lowest BCUT2D eigenvalue weighted by Gasteiger charge is -2.34. The summed E-state index contributed by atoms with van der Waals surface area (Å²) >= 11 is 0. The summed E-state index contributed by atoms with van der Waals surface area (Å²) in [5.74, 6) is 3.17. The van der Waals surface area contributed by atoms with Crippen molar-refractivity contribution in [1.82, 2.24) is 5.32 Å². The van der Waals surface area contributed by atoms with Crippen LogP contribution in [0.2, 0.25) is 0 Å². The number of ether oxygens (including phenoxy) is 2. The van der Waals surface area contributed by atoms with E-state index in [0.717, 1.165) is 29.9 Å². The van der Waals surface area contributed by atoms with Crippen molar-refractivity contribution in [2.75, 3.05) is 14.2 Å². The third-order valence-electron chi connectivity index (χ3n) is 4.72. The van der Waals surface area contributed by atoms with Crippen LogP contribution in [0, 0.1) is 11.8 Å². The highest BCUT2D eigenvalue weighted by molar-refractivity contribution is 5.42. The molecule has 2 rings (SSSR count). The Balaban J connectivity index is 1.96. The zero-order valence-electron chi connectivity index (χ0n) is 13.1. The van der Waals surface area contributed by atoms with Crippen LogP contribution in [0.5, 0.6) is 11.5 Å². The van der Waals surface area contributed by atoms with E-state index >= 15 is 0 Å². The molecular weight excluding hydrogens is 250 g/mol. The van der Waals surface area contributed by atoms with E-state index < -0.39 is 0 Å². The third-order valence-corrected chi connectivity index (χ3v) is 4.72. The minimum absolute atomic E-state index is 0.631. The summed E-state index contributed by atoms with van der Waals surface area (Å²) in [6.45, 7) is 5.63. The Hall–Kier alpha value is -1.22. The molecule has 1 aliphatic rings. The van der Waals surface area contributed by atoms with E-state index in [9.17, 15) is 0 Å². The van der Waals surface area contributed by atoms with Crippen LogP contribution in [-0.2, 0) is 6.54 Å². The maximum Gasteiger partial charge on any atom is 0.161 e. The van der Waals surface area contributed by atoms with Gasteiger partial charge in [0.2, 0.25) is 0 Å². The molecule has 0 radical (unpaired) electrons. The molecule has 0 heterocycles. The Morgan fingerprint density at radius 3 is 2.55 bits per heavy atom. The Bertz CT molecular complexity index is 433. The van der Waals surface area contributed by atoms with Crippen LogP contribution in [0.4, 0.5) is 0 Å².